The van der Waals surface area contributed by atoms with Crippen LogP contribution >= 0.6 is 0 Å². The first kappa shape index (κ1) is 12.9. The zero-order valence-electron chi connectivity index (χ0n) is 11.8. The number of pyridine rings is 1. The van der Waals surface area contributed by atoms with Gasteiger partial charge < -0.3 is 10.1 Å². The molecule has 0 radical (unpaired) electrons. The molecule has 0 bridgehead atoms. The topological polar surface area (TPSA) is 34.1 Å². The molecular weight excluding hydrogens is 236 g/mol. The van der Waals surface area contributed by atoms with E-state index in [1.54, 1.807) is 7.11 Å². The van der Waals surface area contributed by atoms with E-state index < -0.39 is 0 Å². The highest BCUT2D eigenvalue weighted by molar-refractivity contribution is 5.20. The number of ether oxygens (including phenoxy) is 1. The van der Waals surface area contributed by atoms with E-state index in [1.807, 2.05) is 12.3 Å². The molecule has 0 amide bonds. The largest absolute Gasteiger partial charge is 0.481 e. The SMILES string of the molecule is COc1cc(CNC2CCCC(C3CC3)C2)ccn1. The van der Waals surface area contributed by atoms with Gasteiger partial charge in [0.25, 0.3) is 0 Å². The third kappa shape index (κ3) is 3.47. The Balaban J connectivity index is 1.50. The Kier molecular flexibility index (Phi) is 4.02. The molecule has 0 spiro atoms. The zero-order valence-corrected chi connectivity index (χ0v) is 11.8. The molecule has 2 fully saturated rings. The van der Waals surface area contributed by atoms with Crippen molar-refractivity contribution < 1.29 is 4.74 Å². The third-order valence-electron chi connectivity index (χ3n) is 4.61. The summed E-state index contributed by atoms with van der Waals surface area (Å²) in [5, 5.41) is 3.72. The first-order chi connectivity index (χ1) is 9.35. The molecule has 3 nitrogen and oxygen atoms in total. The molecule has 1 N–H and O–H groups in total. The molecule has 2 aliphatic carbocycles. The van der Waals surface area contributed by atoms with Gasteiger partial charge in [0.1, 0.15) is 0 Å². The van der Waals surface area contributed by atoms with Crippen LogP contribution in [-0.4, -0.2) is 18.1 Å². The quantitative estimate of drug-likeness (QED) is 0.883. The predicted molar refractivity (Wildman–Crippen MR) is 76.1 cm³/mol. The van der Waals surface area contributed by atoms with Gasteiger partial charge in [-0.2, -0.15) is 0 Å². The summed E-state index contributed by atoms with van der Waals surface area (Å²) in [5.74, 6) is 2.77. The molecule has 2 unspecified atom stereocenters. The van der Waals surface area contributed by atoms with Gasteiger partial charge in [-0.05, 0) is 49.1 Å². The van der Waals surface area contributed by atoms with Crippen LogP contribution in [0.1, 0.15) is 44.1 Å². The predicted octanol–water partition coefficient (Wildman–Crippen LogP) is 3.15. The first-order valence-corrected chi connectivity index (χ1v) is 7.57. The first-order valence-electron chi connectivity index (χ1n) is 7.57. The van der Waals surface area contributed by atoms with E-state index in [2.05, 4.69) is 16.4 Å². The van der Waals surface area contributed by atoms with Gasteiger partial charge in [-0.1, -0.05) is 12.8 Å². The van der Waals surface area contributed by atoms with Crippen LogP contribution in [0.15, 0.2) is 18.3 Å². The van der Waals surface area contributed by atoms with Crippen LogP contribution in [0.2, 0.25) is 0 Å². The monoisotopic (exact) mass is 260 g/mol. The Morgan fingerprint density at radius 3 is 2.95 bits per heavy atom. The summed E-state index contributed by atoms with van der Waals surface area (Å²) in [7, 11) is 1.67. The lowest BCUT2D eigenvalue weighted by Gasteiger charge is -2.30. The molecule has 0 aliphatic heterocycles. The summed E-state index contributed by atoms with van der Waals surface area (Å²) >= 11 is 0. The fourth-order valence-corrected chi connectivity index (χ4v) is 3.34. The van der Waals surface area contributed by atoms with Crippen molar-refractivity contribution in [3.8, 4) is 5.88 Å². The van der Waals surface area contributed by atoms with E-state index in [-0.39, 0.29) is 0 Å². The molecule has 104 valence electrons. The summed E-state index contributed by atoms with van der Waals surface area (Å²) in [4.78, 5) is 4.15. The number of rotatable bonds is 5. The normalized spacial score (nSPS) is 27.2. The van der Waals surface area contributed by atoms with Crippen LogP contribution in [0, 0.1) is 11.8 Å². The second-order valence-corrected chi connectivity index (χ2v) is 6.05. The standard InChI is InChI=1S/C16H24N2O/c1-19-16-9-12(7-8-17-16)11-18-15-4-2-3-14(10-15)13-5-6-13/h7-9,13-15,18H,2-6,10-11H2,1H3. The summed E-state index contributed by atoms with van der Waals surface area (Å²) in [6.45, 7) is 0.931. The maximum atomic E-state index is 5.16. The highest BCUT2D eigenvalue weighted by atomic mass is 16.5. The molecule has 3 rings (SSSR count). The average molecular weight is 260 g/mol. The lowest BCUT2D eigenvalue weighted by atomic mass is 9.82. The van der Waals surface area contributed by atoms with Crippen molar-refractivity contribution in [1.29, 1.82) is 0 Å². The molecule has 1 heterocycles. The molecular formula is C16H24N2O. The Morgan fingerprint density at radius 2 is 2.16 bits per heavy atom. The summed E-state index contributed by atoms with van der Waals surface area (Å²) in [6, 6.07) is 4.80. The smallest absolute Gasteiger partial charge is 0.213 e. The van der Waals surface area contributed by atoms with E-state index in [4.69, 9.17) is 4.74 Å². The maximum Gasteiger partial charge on any atom is 0.213 e. The molecule has 1 aromatic heterocycles. The van der Waals surface area contributed by atoms with Crippen LogP contribution in [0.25, 0.3) is 0 Å². The van der Waals surface area contributed by atoms with E-state index in [0.29, 0.717) is 11.9 Å². The van der Waals surface area contributed by atoms with Gasteiger partial charge >= 0.3 is 0 Å². The van der Waals surface area contributed by atoms with E-state index in [1.165, 1.54) is 44.1 Å². The second kappa shape index (κ2) is 5.91. The van der Waals surface area contributed by atoms with Crippen LogP contribution in [-0.2, 0) is 6.54 Å². The number of methoxy groups -OCH3 is 1. The van der Waals surface area contributed by atoms with Gasteiger partial charge in [0, 0.05) is 24.8 Å². The van der Waals surface area contributed by atoms with Crippen molar-refractivity contribution in [3.05, 3.63) is 23.9 Å². The molecule has 0 aromatic carbocycles. The van der Waals surface area contributed by atoms with Crippen molar-refractivity contribution in [2.24, 2.45) is 11.8 Å². The molecule has 2 aliphatic rings. The minimum absolute atomic E-state index is 0.707. The van der Waals surface area contributed by atoms with Gasteiger partial charge in [-0.25, -0.2) is 4.98 Å². The molecule has 2 saturated carbocycles. The highest BCUT2D eigenvalue weighted by Gasteiger charge is 2.34. The van der Waals surface area contributed by atoms with Crippen LogP contribution < -0.4 is 10.1 Å². The molecule has 1 aromatic rings. The zero-order chi connectivity index (χ0) is 13.1. The van der Waals surface area contributed by atoms with E-state index in [0.717, 1.165) is 18.4 Å². The van der Waals surface area contributed by atoms with Gasteiger partial charge in [0.05, 0.1) is 7.11 Å². The average Bonchev–Trinajstić information content (AvgIpc) is 3.30. The molecule has 0 saturated heterocycles. The van der Waals surface area contributed by atoms with E-state index >= 15 is 0 Å². The Labute approximate surface area is 115 Å². The van der Waals surface area contributed by atoms with Crippen molar-refractivity contribution >= 4 is 0 Å². The van der Waals surface area contributed by atoms with Gasteiger partial charge in [-0.3, -0.25) is 0 Å². The van der Waals surface area contributed by atoms with Gasteiger partial charge in [0.2, 0.25) is 5.88 Å². The van der Waals surface area contributed by atoms with Crippen LogP contribution in [0.5, 0.6) is 5.88 Å². The highest BCUT2D eigenvalue weighted by Crippen LogP contribution is 2.43. The van der Waals surface area contributed by atoms with Gasteiger partial charge in [0.15, 0.2) is 0 Å². The van der Waals surface area contributed by atoms with Crippen molar-refractivity contribution in [2.75, 3.05) is 7.11 Å². The third-order valence-corrected chi connectivity index (χ3v) is 4.61. The number of nitrogens with zero attached hydrogens (tertiary/aromatic N) is 1. The second-order valence-electron chi connectivity index (χ2n) is 6.05. The number of aromatic nitrogens is 1. The molecule has 3 heteroatoms. The molecule has 2 atom stereocenters. The van der Waals surface area contributed by atoms with Crippen molar-refractivity contribution in [1.82, 2.24) is 10.3 Å². The minimum Gasteiger partial charge on any atom is -0.481 e. The van der Waals surface area contributed by atoms with E-state index in [9.17, 15) is 0 Å². The Morgan fingerprint density at radius 1 is 1.26 bits per heavy atom. The summed E-state index contributed by atoms with van der Waals surface area (Å²) in [6.07, 6.45) is 10.4. The minimum atomic E-state index is 0.707. The maximum absolute atomic E-state index is 5.16. The van der Waals surface area contributed by atoms with Crippen molar-refractivity contribution in [3.63, 3.8) is 0 Å². The van der Waals surface area contributed by atoms with Crippen LogP contribution in [0.3, 0.4) is 0 Å². The number of nitrogens with one attached hydrogen (secondary N) is 1. The lowest BCUT2D eigenvalue weighted by Crippen LogP contribution is -2.34. The number of hydrogen-bond donors (Lipinski definition) is 1. The van der Waals surface area contributed by atoms with Gasteiger partial charge in [-0.15, -0.1) is 0 Å². The summed E-state index contributed by atoms with van der Waals surface area (Å²) < 4.78 is 5.16. The van der Waals surface area contributed by atoms with Crippen LogP contribution in [0.4, 0.5) is 0 Å². The van der Waals surface area contributed by atoms with Crippen molar-refractivity contribution in [2.45, 2.75) is 51.1 Å². The fourth-order valence-electron chi connectivity index (χ4n) is 3.34. The number of hydrogen-bond acceptors (Lipinski definition) is 3. The fraction of sp³-hybridized carbons (Fsp3) is 0.688. The summed E-state index contributed by atoms with van der Waals surface area (Å²) in [5.41, 5.74) is 1.26. The Bertz CT molecular complexity index is 417. The molecule has 19 heavy (non-hydrogen) atoms. The lowest BCUT2D eigenvalue weighted by molar-refractivity contribution is 0.260. The Hall–Kier alpha value is -1.09.